The molecule has 0 aliphatic carbocycles. The summed E-state index contributed by atoms with van der Waals surface area (Å²) in [6, 6.07) is 17.4. The zero-order chi connectivity index (χ0) is 17.6. The standard InChI is InChI=1S/C20H18ClNO3/c1-24-19(23)12-11-17-20(15-7-9-16(21)10-8-15)22-18(25-17)13-14-5-3-2-4-6-14/h2-10H,11-13H2,1H3. The van der Waals surface area contributed by atoms with Crippen LogP contribution < -0.4 is 0 Å². The summed E-state index contributed by atoms with van der Waals surface area (Å²) in [6.07, 6.45) is 1.28. The number of halogens is 1. The fraction of sp³-hybridized carbons (Fsp3) is 0.200. The zero-order valence-corrected chi connectivity index (χ0v) is 14.6. The van der Waals surface area contributed by atoms with Gasteiger partial charge in [0.1, 0.15) is 11.5 Å². The number of nitrogens with zero attached hydrogens (tertiary/aromatic N) is 1. The third-order valence-electron chi connectivity index (χ3n) is 3.84. The lowest BCUT2D eigenvalue weighted by molar-refractivity contribution is -0.140. The number of aromatic nitrogens is 1. The van der Waals surface area contributed by atoms with E-state index in [4.69, 9.17) is 20.8 Å². The number of benzene rings is 2. The van der Waals surface area contributed by atoms with Crippen molar-refractivity contribution in [2.45, 2.75) is 19.3 Å². The molecule has 0 amide bonds. The average molecular weight is 356 g/mol. The van der Waals surface area contributed by atoms with Crippen molar-refractivity contribution in [3.05, 3.63) is 76.8 Å². The second-order valence-electron chi connectivity index (χ2n) is 5.62. The molecule has 25 heavy (non-hydrogen) atoms. The van der Waals surface area contributed by atoms with Crippen molar-refractivity contribution in [1.82, 2.24) is 4.98 Å². The molecule has 128 valence electrons. The number of oxazole rings is 1. The number of rotatable bonds is 6. The highest BCUT2D eigenvalue weighted by Crippen LogP contribution is 2.27. The topological polar surface area (TPSA) is 52.3 Å². The summed E-state index contributed by atoms with van der Waals surface area (Å²) in [7, 11) is 1.38. The van der Waals surface area contributed by atoms with Gasteiger partial charge in [0.25, 0.3) is 0 Å². The van der Waals surface area contributed by atoms with E-state index in [9.17, 15) is 4.79 Å². The van der Waals surface area contributed by atoms with Gasteiger partial charge in [-0.3, -0.25) is 4.79 Å². The van der Waals surface area contributed by atoms with E-state index >= 15 is 0 Å². The molecule has 0 aliphatic rings. The Bertz CT molecular complexity index is 841. The van der Waals surface area contributed by atoms with Crippen molar-refractivity contribution in [1.29, 1.82) is 0 Å². The molecule has 0 saturated heterocycles. The van der Waals surface area contributed by atoms with Crippen LogP contribution in [0.25, 0.3) is 11.3 Å². The van der Waals surface area contributed by atoms with Crippen LogP contribution in [0.2, 0.25) is 5.02 Å². The van der Waals surface area contributed by atoms with Crippen LogP contribution in [-0.2, 0) is 22.4 Å². The molecule has 3 aromatic rings. The molecule has 0 radical (unpaired) electrons. The quantitative estimate of drug-likeness (QED) is 0.602. The molecular weight excluding hydrogens is 338 g/mol. The minimum absolute atomic E-state index is 0.247. The van der Waals surface area contributed by atoms with Gasteiger partial charge in [-0.2, -0.15) is 0 Å². The normalized spacial score (nSPS) is 10.6. The van der Waals surface area contributed by atoms with Gasteiger partial charge in [-0.15, -0.1) is 0 Å². The number of ether oxygens (including phenoxy) is 1. The fourth-order valence-electron chi connectivity index (χ4n) is 2.57. The lowest BCUT2D eigenvalue weighted by Gasteiger charge is -2.01. The molecule has 0 atom stereocenters. The lowest BCUT2D eigenvalue weighted by atomic mass is 10.1. The van der Waals surface area contributed by atoms with Gasteiger partial charge in [-0.05, 0) is 17.7 Å². The molecule has 0 spiro atoms. The van der Waals surface area contributed by atoms with Crippen molar-refractivity contribution in [3.8, 4) is 11.3 Å². The number of hydrogen-bond donors (Lipinski definition) is 0. The van der Waals surface area contributed by atoms with Gasteiger partial charge in [-0.1, -0.05) is 54.1 Å². The van der Waals surface area contributed by atoms with E-state index in [-0.39, 0.29) is 12.4 Å². The molecule has 4 nitrogen and oxygen atoms in total. The minimum atomic E-state index is -0.275. The highest BCUT2D eigenvalue weighted by atomic mass is 35.5. The molecule has 0 N–H and O–H groups in total. The van der Waals surface area contributed by atoms with E-state index in [0.29, 0.717) is 29.5 Å². The summed E-state index contributed by atoms with van der Waals surface area (Å²) in [4.78, 5) is 16.1. The molecule has 0 unspecified atom stereocenters. The van der Waals surface area contributed by atoms with Gasteiger partial charge in [0.05, 0.1) is 13.5 Å². The lowest BCUT2D eigenvalue weighted by Crippen LogP contribution is -2.02. The van der Waals surface area contributed by atoms with Gasteiger partial charge >= 0.3 is 5.97 Å². The van der Waals surface area contributed by atoms with Crippen LogP contribution in [0.4, 0.5) is 0 Å². The maximum Gasteiger partial charge on any atom is 0.305 e. The first-order chi connectivity index (χ1) is 12.2. The van der Waals surface area contributed by atoms with Crippen LogP contribution in [-0.4, -0.2) is 18.1 Å². The van der Waals surface area contributed by atoms with Crippen LogP contribution in [0.5, 0.6) is 0 Å². The average Bonchev–Trinajstić information content (AvgIpc) is 3.03. The largest absolute Gasteiger partial charge is 0.469 e. The van der Waals surface area contributed by atoms with E-state index in [0.717, 1.165) is 16.8 Å². The molecular formula is C20H18ClNO3. The number of hydrogen-bond acceptors (Lipinski definition) is 4. The van der Waals surface area contributed by atoms with E-state index in [1.165, 1.54) is 7.11 Å². The summed E-state index contributed by atoms with van der Waals surface area (Å²) in [5, 5.41) is 0.660. The molecule has 0 bridgehead atoms. The van der Waals surface area contributed by atoms with Gasteiger partial charge in [0, 0.05) is 23.4 Å². The summed E-state index contributed by atoms with van der Waals surface area (Å²) in [5.41, 5.74) is 2.77. The van der Waals surface area contributed by atoms with E-state index < -0.39 is 0 Å². The Balaban J connectivity index is 1.90. The maximum absolute atomic E-state index is 11.5. The number of carbonyl (C=O) groups excluding carboxylic acids is 1. The van der Waals surface area contributed by atoms with Gasteiger partial charge in [-0.25, -0.2) is 4.98 Å². The van der Waals surface area contributed by atoms with Gasteiger partial charge in [0.2, 0.25) is 0 Å². The summed E-state index contributed by atoms with van der Waals surface area (Å²) >= 11 is 5.97. The van der Waals surface area contributed by atoms with Crippen molar-refractivity contribution < 1.29 is 13.9 Å². The molecule has 5 heteroatoms. The maximum atomic E-state index is 11.5. The van der Waals surface area contributed by atoms with Crippen molar-refractivity contribution in [2.75, 3.05) is 7.11 Å². The minimum Gasteiger partial charge on any atom is -0.469 e. The Hall–Kier alpha value is -2.59. The first-order valence-electron chi connectivity index (χ1n) is 8.01. The van der Waals surface area contributed by atoms with Crippen LogP contribution in [0.3, 0.4) is 0 Å². The Morgan fingerprint density at radius 3 is 2.52 bits per heavy atom. The number of methoxy groups -OCH3 is 1. The van der Waals surface area contributed by atoms with Crippen molar-refractivity contribution in [3.63, 3.8) is 0 Å². The van der Waals surface area contributed by atoms with Crippen LogP contribution >= 0.6 is 11.6 Å². The SMILES string of the molecule is COC(=O)CCc1oc(Cc2ccccc2)nc1-c1ccc(Cl)cc1. The molecule has 0 aliphatic heterocycles. The summed E-state index contributed by atoms with van der Waals surface area (Å²) in [5.74, 6) is 1.03. The third kappa shape index (κ3) is 4.48. The number of carbonyl (C=O) groups is 1. The smallest absolute Gasteiger partial charge is 0.305 e. The number of aryl methyl sites for hydroxylation is 1. The van der Waals surface area contributed by atoms with Gasteiger partial charge in [0.15, 0.2) is 5.89 Å². The second-order valence-corrected chi connectivity index (χ2v) is 6.06. The first-order valence-corrected chi connectivity index (χ1v) is 8.39. The molecule has 3 rings (SSSR count). The highest BCUT2D eigenvalue weighted by Gasteiger charge is 2.17. The summed E-state index contributed by atoms with van der Waals surface area (Å²) in [6.45, 7) is 0. The zero-order valence-electron chi connectivity index (χ0n) is 13.9. The second kappa shape index (κ2) is 7.99. The van der Waals surface area contributed by atoms with Crippen molar-refractivity contribution >= 4 is 17.6 Å². The third-order valence-corrected chi connectivity index (χ3v) is 4.09. The Labute approximate surface area is 151 Å². The monoisotopic (exact) mass is 355 g/mol. The van der Waals surface area contributed by atoms with Gasteiger partial charge < -0.3 is 9.15 Å². The van der Waals surface area contributed by atoms with Crippen LogP contribution in [0.15, 0.2) is 59.0 Å². The fourth-order valence-corrected chi connectivity index (χ4v) is 2.69. The predicted octanol–water partition coefficient (Wildman–Crippen LogP) is 4.69. The predicted molar refractivity (Wildman–Crippen MR) is 96.5 cm³/mol. The Morgan fingerprint density at radius 2 is 1.84 bits per heavy atom. The Kier molecular flexibility index (Phi) is 5.51. The van der Waals surface area contributed by atoms with E-state index in [2.05, 4.69) is 4.98 Å². The molecule has 1 aromatic heterocycles. The molecule has 0 fully saturated rings. The number of esters is 1. The molecule has 0 saturated carbocycles. The van der Waals surface area contributed by atoms with Crippen molar-refractivity contribution in [2.24, 2.45) is 0 Å². The van der Waals surface area contributed by atoms with Crippen LogP contribution in [0, 0.1) is 0 Å². The molecule has 2 aromatic carbocycles. The van der Waals surface area contributed by atoms with E-state index in [1.807, 2.05) is 54.6 Å². The molecule has 1 heterocycles. The summed E-state index contributed by atoms with van der Waals surface area (Å²) < 4.78 is 10.7. The van der Waals surface area contributed by atoms with E-state index in [1.54, 1.807) is 0 Å². The first kappa shape index (κ1) is 17.2. The highest BCUT2D eigenvalue weighted by molar-refractivity contribution is 6.30. The van der Waals surface area contributed by atoms with Crippen LogP contribution in [0.1, 0.15) is 23.6 Å². The Morgan fingerprint density at radius 1 is 1.12 bits per heavy atom.